The minimum Gasteiger partial charge on any atom is -0.493 e. The molecule has 2 aromatic rings. The highest BCUT2D eigenvalue weighted by atomic mass is 19.4. The fourth-order valence-corrected chi connectivity index (χ4v) is 4.79. The molecule has 1 aliphatic rings. The molecule has 0 spiro atoms. The lowest BCUT2D eigenvalue weighted by Gasteiger charge is -2.28. The van der Waals surface area contributed by atoms with Crippen LogP contribution in [0.3, 0.4) is 0 Å². The van der Waals surface area contributed by atoms with Gasteiger partial charge in [0.1, 0.15) is 28.4 Å². The van der Waals surface area contributed by atoms with E-state index in [1.807, 2.05) is 0 Å². The Labute approximate surface area is 204 Å². The number of esters is 1. The molecule has 0 aliphatic heterocycles. The summed E-state index contributed by atoms with van der Waals surface area (Å²) in [6.45, 7) is 3.11. The largest absolute Gasteiger partial charge is 0.493 e. The van der Waals surface area contributed by atoms with Crippen LogP contribution in [0.15, 0.2) is 30.3 Å². The van der Waals surface area contributed by atoms with Crippen LogP contribution in [0.1, 0.15) is 85.3 Å². The standard InChI is InChI=1S/C26H27F7O3/c1-3-5-15-6-8-16(9-7-15)17-10-11-18(19(27)14-17)24(34)36-21-13-12-20(35-4-2)22(25(28,29)30)23(21)26(31,32)33/h10-16H,3-9H2,1-2H3. The lowest BCUT2D eigenvalue weighted by molar-refractivity contribution is -0.163. The summed E-state index contributed by atoms with van der Waals surface area (Å²) < 4.78 is 106. The predicted molar refractivity (Wildman–Crippen MR) is 119 cm³/mol. The lowest BCUT2D eigenvalue weighted by atomic mass is 9.77. The topological polar surface area (TPSA) is 35.5 Å². The lowest BCUT2D eigenvalue weighted by Crippen LogP contribution is -2.21. The Balaban J connectivity index is 1.89. The SMILES string of the molecule is CCCC1CCC(c2ccc(C(=O)Oc3ccc(OCC)c(C(F)(F)F)c3C(F)(F)F)c(F)c2)CC1. The van der Waals surface area contributed by atoms with E-state index in [-0.39, 0.29) is 12.5 Å². The number of hydrogen-bond donors (Lipinski definition) is 0. The van der Waals surface area contributed by atoms with Crippen LogP contribution < -0.4 is 9.47 Å². The van der Waals surface area contributed by atoms with Crippen LogP contribution in [0.5, 0.6) is 11.5 Å². The monoisotopic (exact) mass is 520 g/mol. The van der Waals surface area contributed by atoms with Gasteiger partial charge in [0.05, 0.1) is 12.2 Å². The Hall–Kier alpha value is -2.78. The van der Waals surface area contributed by atoms with Crippen molar-refractivity contribution >= 4 is 5.97 Å². The molecular weight excluding hydrogens is 493 g/mol. The second kappa shape index (κ2) is 11.1. The molecule has 0 aromatic heterocycles. The van der Waals surface area contributed by atoms with Gasteiger partial charge in [-0.05, 0) is 74.3 Å². The highest BCUT2D eigenvalue weighted by molar-refractivity contribution is 5.91. The van der Waals surface area contributed by atoms with Gasteiger partial charge in [-0.1, -0.05) is 25.8 Å². The number of benzene rings is 2. The van der Waals surface area contributed by atoms with E-state index in [9.17, 15) is 35.5 Å². The van der Waals surface area contributed by atoms with Gasteiger partial charge < -0.3 is 9.47 Å². The summed E-state index contributed by atoms with van der Waals surface area (Å²) in [5.74, 6) is -4.27. The summed E-state index contributed by atoms with van der Waals surface area (Å²) in [4.78, 5) is 12.5. The number of hydrogen-bond acceptors (Lipinski definition) is 3. The Morgan fingerprint density at radius 1 is 0.889 bits per heavy atom. The first kappa shape index (κ1) is 27.8. The molecule has 1 saturated carbocycles. The van der Waals surface area contributed by atoms with Gasteiger partial charge in [-0.3, -0.25) is 0 Å². The average Bonchev–Trinajstić information content (AvgIpc) is 2.79. The third-order valence-electron chi connectivity index (χ3n) is 6.43. The van der Waals surface area contributed by atoms with Crippen LogP contribution in [0.2, 0.25) is 0 Å². The zero-order chi connectivity index (χ0) is 26.7. The maximum atomic E-state index is 14.8. The molecule has 1 fully saturated rings. The molecule has 0 bridgehead atoms. The van der Waals surface area contributed by atoms with Crippen molar-refractivity contribution in [1.29, 1.82) is 0 Å². The van der Waals surface area contributed by atoms with Gasteiger partial charge in [-0.2, -0.15) is 26.3 Å². The van der Waals surface area contributed by atoms with Crippen LogP contribution in [-0.2, 0) is 12.4 Å². The zero-order valence-corrected chi connectivity index (χ0v) is 19.9. The number of ether oxygens (including phenoxy) is 2. The molecule has 3 rings (SSSR count). The van der Waals surface area contributed by atoms with Crippen molar-refractivity contribution in [3.8, 4) is 11.5 Å². The number of carbonyl (C=O) groups excluding carboxylic acids is 1. The first-order chi connectivity index (χ1) is 16.9. The summed E-state index contributed by atoms with van der Waals surface area (Å²) >= 11 is 0. The summed E-state index contributed by atoms with van der Waals surface area (Å²) in [7, 11) is 0. The van der Waals surface area contributed by atoms with E-state index in [1.54, 1.807) is 0 Å². The van der Waals surface area contributed by atoms with Gasteiger partial charge in [0.25, 0.3) is 0 Å². The molecule has 0 saturated heterocycles. The molecule has 1 aliphatic carbocycles. The second-order valence-electron chi connectivity index (χ2n) is 8.88. The van der Waals surface area contributed by atoms with Crippen LogP contribution in [0.4, 0.5) is 30.7 Å². The number of alkyl halides is 6. The van der Waals surface area contributed by atoms with E-state index in [0.717, 1.165) is 50.7 Å². The first-order valence-corrected chi connectivity index (χ1v) is 11.8. The summed E-state index contributed by atoms with van der Waals surface area (Å²) in [6, 6.07) is 4.94. The van der Waals surface area contributed by atoms with Gasteiger partial charge >= 0.3 is 18.3 Å². The van der Waals surface area contributed by atoms with E-state index in [0.29, 0.717) is 23.6 Å². The molecule has 36 heavy (non-hydrogen) atoms. The molecule has 0 atom stereocenters. The molecule has 0 heterocycles. The highest BCUT2D eigenvalue weighted by Crippen LogP contribution is 2.49. The maximum Gasteiger partial charge on any atom is 0.420 e. The minimum atomic E-state index is -5.54. The third-order valence-corrected chi connectivity index (χ3v) is 6.43. The fourth-order valence-electron chi connectivity index (χ4n) is 4.79. The van der Waals surface area contributed by atoms with E-state index in [4.69, 9.17) is 4.74 Å². The van der Waals surface area contributed by atoms with Crippen molar-refractivity contribution in [1.82, 2.24) is 0 Å². The fraction of sp³-hybridized carbons (Fsp3) is 0.500. The van der Waals surface area contributed by atoms with Crippen molar-refractivity contribution in [3.63, 3.8) is 0 Å². The van der Waals surface area contributed by atoms with Gasteiger partial charge in [-0.25, -0.2) is 9.18 Å². The smallest absolute Gasteiger partial charge is 0.420 e. The highest BCUT2D eigenvalue weighted by Gasteiger charge is 2.48. The van der Waals surface area contributed by atoms with Crippen molar-refractivity contribution in [2.24, 2.45) is 5.92 Å². The van der Waals surface area contributed by atoms with Crippen LogP contribution in [0, 0.1) is 11.7 Å². The van der Waals surface area contributed by atoms with Gasteiger partial charge in [-0.15, -0.1) is 0 Å². The van der Waals surface area contributed by atoms with Gasteiger partial charge in [0, 0.05) is 0 Å². The van der Waals surface area contributed by atoms with Gasteiger partial charge in [0.2, 0.25) is 0 Å². The summed E-state index contributed by atoms with van der Waals surface area (Å²) in [6.07, 6.45) is -5.05. The molecule has 0 N–H and O–H groups in total. The van der Waals surface area contributed by atoms with Crippen molar-refractivity contribution in [3.05, 3.63) is 58.4 Å². The summed E-state index contributed by atoms with van der Waals surface area (Å²) in [5.41, 5.74) is -4.34. The van der Waals surface area contributed by atoms with E-state index >= 15 is 0 Å². The number of halogens is 7. The van der Waals surface area contributed by atoms with Crippen LogP contribution in [-0.4, -0.2) is 12.6 Å². The third kappa shape index (κ3) is 6.31. The normalized spacial score (nSPS) is 18.7. The quantitative estimate of drug-likeness (QED) is 0.208. The Morgan fingerprint density at radius 3 is 2.00 bits per heavy atom. The van der Waals surface area contributed by atoms with Crippen molar-refractivity contribution in [2.75, 3.05) is 6.61 Å². The molecule has 198 valence electrons. The van der Waals surface area contributed by atoms with E-state index in [1.165, 1.54) is 13.0 Å². The molecule has 10 heteroatoms. The summed E-state index contributed by atoms with van der Waals surface area (Å²) in [5, 5.41) is 0. The van der Waals surface area contributed by atoms with E-state index in [2.05, 4.69) is 11.7 Å². The molecule has 0 unspecified atom stereocenters. The number of carbonyl (C=O) groups is 1. The first-order valence-electron chi connectivity index (χ1n) is 11.8. The zero-order valence-electron chi connectivity index (χ0n) is 19.9. The van der Waals surface area contributed by atoms with Crippen LogP contribution >= 0.6 is 0 Å². The molecule has 3 nitrogen and oxygen atoms in total. The van der Waals surface area contributed by atoms with Crippen LogP contribution in [0.25, 0.3) is 0 Å². The van der Waals surface area contributed by atoms with Crippen molar-refractivity contribution < 1.29 is 45.0 Å². The molecule has 0 radical (unpaired) electrons. The average molecular weight is 520 g/mol. The maximum absolute atomic E-state index is 14.8. The Morgan fingerprint density at radius 2 is 1.47 bits per heavy atom. The molecular formula is C26H27F7O3. The van der Waals surface area contributed by atoms with E-state index < -0.39 is 52.3 Å². The number of rotatable bonds is 7. The Bertz CT molecular complexity index is 1070. The second-order valence-corrected chi connectivity index (χ2v) is 8.88. The minimum absolute atomic E-state index is 0.0926. The van der Waals surface area contributed by atoms with Crippen molar-refractivity contribution in [2.45, 2.75) is 70.6 Å². The molecule has 2 aromatic carbocycles. The molecule has 0 amide bonds. The predicted octanol–water partition coefficient (Wildman–Crippen LogP) is 8.56. The Kier molecular flexibility index (Phi) is 8.56. The van der Waals surface area contributed by atoms with Gasteiger partial charge in [0.15, 0.2) is 0 Å².